The molecular weight excluding hydrogens is 255 g/mol. The van der Waals surface area contributed by atoms with Crippen molar-refractivity contribution < 1.29 is 22.0 Å². The average Bonchev–Trinajstić information content (AvgIpc) is 2.13. The van der Waals surface area contributed by atoms with Gasteiger partial charge in [0.05, 0.1) is 6.04 Å². The fraction of sp³-hybridized carbons (Fsp3) is 1.00. The predicted molar refractivity (Wildman–Crippen MR) is 60.5 cm³/mol. The Hall–Kier alpha value is -0.430. The van der Waals surface area contributed by atoms with Gasteiger partial charge in [-0.25, -0.2) is 0 Å². The molecule has 0 bridgehead atoms. The number of rotatable bonds is 4. The fourth-order valence-electron chi connectivity index (χ4n) is 1.64. The standard InChI is InChI=1S/C11H21F5N2/c1-7(9(2,3)4)18(5)8(6-17)10(12,13)11(14,15)16/h7-8H,6,17H2,1-5H3. The topological polar surface area (TPSA) is 29.3 Å². The molecule has 0 aliphatic rings. The van der Waals surface area contributed by atoms with E-state index in [2.05, 4.69) is 0 Å². The normalized spacial score (nSPS) is 18.0. The van der Waals surface area contributed by atoms with E-state index >= 15 is 0 Å². The summed E-state index contributed by atoms with van der Waals surface area (Å²) in [6.07, 6.45) is -5.59. The number of nitrogens with zero attached hydrogens (tertiary/aromatic N) is 1. The second kappa shape index (κ2) is 5.28. The van der Waals surface area contributed by atoms with Gasteiger partial charge in [0, 0.05) is 12.6 Å². The summed E-state index contributed by atoms with van der Waals surface area (Å²) in [4.78, 5) is 1.01. The lowest BCUT2D eigenvalue weighted by atomic mass is 9.86. The van der Waals surface area contributed by atoms with E-state index < -0.39 is 36.1 Å². The zero-order valence-corrected chi connectivity index (χ0v) is 11.3. The summed E-state index contributed by atoms with van der Waals surface area (Å²) in [6, 6.07) is -2.54. The summed E-state index contributed by atoms with van der Waals surface area (Å²) >= 11 is 0. The maximum Gasteiger partial charge on any atom is 0.455 e. The molecule has 0 aliphatic heterocycles. The highest BCUT2D eigenvalue weighted by molar-refractivity contribution is 4.94. The van der Waals surface area contributed by atoms with Crippen LogP contribution in [0.1, 0.15) is 27.7 Å². The van der Waals surface area contributed by atoms with Crippen molar-refractivity contribution in [3.05, 3.63) is 0 Å². The number of halogens is 5. The molecule has 110 valence electrons. The number of hydrogen-bond donors (Lipinski definition) is 1. The summed E-state index contributed by atoms with van der Waals surface area (Å²) in [6.45, 7) is 6.16. The Morgan fingerprint density at radius 3 is 1.67 bits per heavy atom. The summed E-state index contributed by atoms with van der Waals surface area (Å²) in [5, 5.41) is 0. The minimum absolute atomic E-state index is 0.427. The first kappa shape index (κ1) is 17.6. The zero-order chi connectivity index (χ0) is 14.9. The minimum Gasteiger partial charge on any atom is -0.329 e. The largest absolute Gasteiger partial charge is 0.455 e. The minimum atomic E-state index is -5.59. The van der Waals surface area contributed by atoms with Crippen LogP contribution in [0.5, 0.6) is 0 Å². The molecule has 0 rings (SSSR count). The molecule has 0 saturated carbocycles. The van der Waals surface area contributed by atoms with Gasteiger partial charge in [0.15, 0.2) is 0 Å². The SMILES string of the molecule is CC(N(C)C(CN)C(F)(F)C(F)(F)F)C(C)(C)C. The van der Waals surface area contributed by atoms with Gasteiger partial charge in [-0.2, -0.15) is 22.0 Å². The molecule has 7 heteroatoms. The Labute approximate surface area is 104 Å². The van der Waals surface area contributed by atoms with Crippen LogP contribution < -0.4 is 5.73 Å². The zero-order valence-electron chi connectivity index (χ0n) is 11.3. The van der Waals surface area contributed by atoms with E-state index in [4.69, 9.17) is 5.73 Å². The predicted octanol–water partition coefficient (Wildman–Crippen LogP) is 2.88. The first-order valence-corrected chi connectivity index (χ1v) is 5.63. The molecule has 2 N–H and O–H groups in total. The van der Waals surface area contributed by atoms with Gasteiger partial charge in [-0.3, -0.25) is 4.90 Å². The van der Waals surface area contributed by atoms with Crippen molar-refractivity contribution in [2.75, 3.05) is 13.6 Å². The van der Waals surface area contributed by atoms with E-state index in [0.29, 0.717) is 0 Å². The van der Waals surface area contributed by atoms with Crippen molar-refractivity contribution in [3.63, 3.8) is 0 Å². The molecule has 0 aromatic heterocycles. The van der Waals surface area contributed by atoms with Gasteiger partial charge < -0.3 is 5.73 Å². The van der Waals surface area contributed by atoms with Gasteiger partial charge in [0.1, 0.15) is 0 Å². The Kier molecular flexibility index (Phi) is 5.16. The van der Waals surface area contributed by atoms with E-state index in [0.717, 1.165) is 4.90 Å². The van der Waals surface area contributed by atoms with Gasteiger partial charge in [0.2, 0.25) is 0 Å². The van der Waals surface area contributed by atoms with Gasteiger partial charge in [-0.1, -0.05) is 20.8 Å². The summed E-state index contributed by atoms with van der Waals surface area (Å²) < 4.78 is 63.8. The quantitative estimate of drug-likeness (QED) is 0.800. The van der Waals surface area contributed by atoms with Crippen molar-refractivity contribution in [2.24, 2.45) is 11.1 Å². The molecule has 0 radical (unpaired) electrons. The second-order valence-electron chi connectivity index (χ2n) is 5.58. The Bertz CT molecular complexity index is 270. The molecule has 0 aromatic rings. The summed E-state index contributed by atoms with van der Waals surface area (Å²) in [5.41, 5.74) is 4.69. The highest BCUT2D eigenvalue weighted by atomic mass is 19.4. The van der Waals surface area contributed by atoms with Crippen LogP contribution in [0, 0.1) is 5.41 Å². The molecule has 0 aliphatic carbocycles. The van der Waals surface area contributed by atoms with E-state index in [9.17, 15) is 22.0 Å². The number of hydrogen-bond acceptors (Lipinski definition) is 2. The number of likely N-dealkylation sites (N-methyl/N-ethyl adjacent to an activating group) is 1. The molecule has 2 unspecified atom stereocenters. The van der Waals surface area contributed by atoms with Crippen molar-refractivity contribution in [2.45, 2.75) is 51.9 Å². The van der Waals surface area contributed by atoms with Crippen LogP contribution in [0.3, 0.4) is 0 Å². The second-order valence-corrected chi connectivity index (χ2v) is 5.58. The van der Waals surface area contributed by atoms with Crippen LogP contribution in [0.2, 0.25) is 0 Å². The average molecular weight is 276 g/mol. The van der Waals surface area contributed by atoms with E-state index in [1.165, 1.54) is 7.05 Å². The Balaban J connectivity index is 5.23. The summed E-state index contributed by atoms with van der Waals surface area (Å²) in [7, 11) is 1.24. The number of alkyl halides is 5. The molecule has 0 fully saturated rings. The van der Waals surface area contributed by atoms with Crippen molar-refractivity contribution in [3.8, 4) is 0 Å². The first-order valence-electron chi connectivity index (χ1n) is 5.63. The lowest BCUT2D eigenvalue weighted by Gasteiger charge is -2.42. The van der Waals surface area contributed by atoms with E-state index in [1.54, 1.807) is 27.7 Å². The molecule has 2 atom stereocenters. The van der Waals surface area contributed by atoms with Gasteiger partial charge in [0.25, 0.3) is 0 Å². The third-order valence-corrected chi connectivity index (χ3v) is 3.38. The molecule has 0 heterocycles. The maximum absolute atomic E-state index is 13.3. The smallest absolute Gasteiger partial charge is 0.329 e. The first-order chi connectivity index (χ1) is 7.76. The summed E-state index contributed by atoms with van der Waals surface area (Å²) in [5.74, 6) is -4.82. The van der Waals surface area contributed by atoms with Gasteiger partial charge >= 0.3 is 12.1 Å². The van der Waals surface area contributed by atoms with Crippen LogP contribution in [0.25, 0.3) is 0 Å². The van der Waals surface area contributed by atoms with Crippen molar-refractivity contribution in [1.82, 2.24) is 4.90 Å². The van der Waals surface area contributed by atoms with Gasteiger partial charge in [-0.05, 0) is 19.4 Å². The third-order valence-electron chi connectivity index (χ3n) is 3.38. The molecule has 0 saturated heterocycles. The van der Waals surface area contributed by atoms with E-state index in [1.807, 2.05) is 0 Å². The van der Waals surface area contributed by atoms with Crippen molar-refractivity contribution in [1.29, 1.82) is 0 Å². The lowest BCUT2D eigenvalue weighted by molar-refractivity contribution is -0.303. The molecular formula is C11H21F5N2. The number of nitrogens with two attached hydrogens (primary N) is 1. The molecule has 0 spiro atoms. The van der Waals surface area contributed by atoms with Crippen LogP contribution in [0.15, 0.2) is 0 Å². The fourth-order valence-corrected chi connectivity index (χ4v) is 1.64. The highest BCUT2D eigenvalue weighted by Gasteiger charge is 2.63. The van der Waals surface area contributed by atoms with Crippen LogP contribution in [0.4, 0.5) is 22.0 Å². The Morgan fingerprint density at radius 1 is 1.06 bits per heavy atom. The molecule has 18 heavy (non-hydrogen) atoms. The van der Waals surface area contributed by atoms with E-state index in [-0.39, 0.29) is 0 Å². The lowest BCUT2D eigenvalue weighted by Crippen LogP contribution is -2.61. The Morgan fingerprint density at radius 2 is 1.44 bits per heavy atom. The van der Waals surface area contributed by atoms with Crippen LogP contribution in [-0.4, -0.2) is 42.7 Å². The molecule has 0 aromatic carbocycles. The highest BCUT2D eigenvalue weighted by Crippen LogP contribution is 2.41. The maximum atomic E-state index is 13.3. The van der Waals surface area contributed by atoms with Crippen molar-refractivity contribution >= 4 is 0 Å². The molecule has 0 amide bonds. The monoisotopic (exact) mass is 276 g/mol. The van der Waals surface area contributed by atoms with Gasteiger partial charge in [-0.15, -0.1) is 0 Å². The van der Waals surface area contributed by atoms with Crippen LogP contribution in [-0.2, 0) is 0 Å². The van der Waals surface area contributed by atoms with Crippen LogP contribution >= 0.6 is 0 Å². The third kappa shape index (κ3) is 3.54. The molecule has 2 nitrogen and oxygen atoms in total.